The molecule has 4 aromatic carbocycles. The van der Waals surface area contributed by atoms with Gasteiger partial charge in [-0.05, 0) is 73.2 Å². The summed E-state index contributed by atoms with van der Waals surface area (Å²) in [6.07, 6.45) is 0. The van der Waals surface area contributed by atoms with Crippen LogP contribution >= 0.6 is 0 Å². The van der Waals surface area contributed by atoms with Crippen LogP contribution < -0.4 is 15.5 Å². The second-order valence-corrected chi connectivity index (χ2v) is 7.24. The molecule has 3 heteroatoms. The van der Waals surface area contributed by atoms with Crippen LogP contribution in [0.2, 0.25) is 0 Å². The zero-order valence-corrected chi connectivity index (χ0v) is 17.3. The summed E-state index contributed by atoms with van der Waals surface area (Å²) in [5.41, 5.74) is 6.86. The Morgan fingerprint density at radius 1 is 0.533 bits per heavy atom. The summed E-state index contributed by atoms with van der Waals surface area (Å²) in [5, 5.41) is 6.89. The van der Waals surface area contributed by atoms with Gasteiger partial charge in [0.15, 0.2) is 0 Å². The van der Waals surface area contributed by atoms with Gasteiger partial charge in [-0.1, -0.05) is 48.5 Å². The molecule has 0 spiro atoms. The average Bonchev–Trinajstić information content (AvgIpc) is 2.81. The van der Waals surface area contributed by atoms with E-state index in [1.54, 1.807) is 0 Å². The lowest BCUT2D eigenvalue weighted by molar-refractivity contribution is 0.832. The first-order valence-electron chi connectivity index (χ1n) is 10.4. The zero-order chi connectivity index (χ0) is 20.6. The van der Waals surface area contributed by atoms with Gasteiger partial charge in [0.25, 0.3) is 0 Å². The first-order chi connectivity index (χ1) is 14.8. The van der Waals surface area contributed by atoms with Crippen molar-refractivity contribution in [2.45, 2.75) is 13.5 Å². The van der Waals surface area contributed by atoms with Crippen LogP contribution in [-0.2, 0) is 6.54 Å². The molecule has 4 aromatic rings. The lowest BCUT2D eigenvalue weighted by atomic mass is 10.2. The topological polar surface area (TPSA) is 27.3 Å². The Labute approximate surface area is 179 Å². The van der Waals surface area contributed by atoms with E-state index in [-0.39, 0.29) is 0 Å². The second-order valence-electron chi connectivity index (χ2n) is 7.24. The zero-order valence-electron chi connectivity index (χ0n) is 17.3. The average molecular weight is 394 g/mol. The summed E-state index contributed by atoms with van der Waals surface area (Å²) < 4.78 is 0. The van der Waals surface area contributed by atoms with E-state index < -0.39 is 0 Å². The van der Waals surface area contributed by atoms with Crippen LogP contribution in [0, 0.1) is 0 Å². The molecule has 0 aliphatic rings. The molecule has 0 aliphatic heterocycles. The molecule has 0 radical (unpaired) electrons. The Morgan fingerprint density at radius 3 is 1.47 bits per heavy atom. The number of hydrogen-bond donors (Lipinski definition) is 2. The Balaban J connectivity index is 1.38. The van der Waals surface area contributed by atoms with E-state index in [9.17, 15) is 0 Å². The predicted molar refractivity (Wildman–Crippen MR) is 129 cm³/mol. The number of nitrogens with one attached hydrogen (secondary N) is 2. The molecule has 0 fully saturated rings. The fourth-order valence-corrected chi connectivity index (χ4v) is 3.44. The van der Waals surface area contributed by atoms with E-state index in [4.69, 9.17) is 0 Å². The molecule has 30 heavy (non-hydrogen) atoms. The molecule has 0 heterocycles. The highest BCUT2D eigenvalue weighted by Crippen LogP contribution is 2.24. The van der Waals surface area contributed by atoms with Crippen LogP contribution in [0.1, 0.15) is 12.5 Å². The Bertz CT molecular complexity index is 1030. The minimum atomic E-state index is 0.917. The van der Waals surface area contributed by atoms with Crippen molar-refractivity contribution in [1.29, 1.82) is 0 Å². The van der Waals surface area contributed by atoms with Crippen molar-refractivity contribution < 1.29 is 0 Å². The first kappa shape index (κ1) is 19.6. The highest BCUT2D eigenvalue weighted by atomic mass is 15.1. The van der Waals surface area contributed by atoms with E-state index >= 15 is 0 Å². The van der Waals surface area contributed by atoms with Gasteiger partial charge in [0.2, 0.25) is 0 Å². The maximum atomic E-state index is 3.48. The smallest absolute Gasteiger partial charge is 0.0429 e. The van der Waals surface area contributed by atoms with Crippen LogP contribution in [0.25, 0.3) is 0 Å². The van der Waals surface area contributed by atoms with Gasteiger partial charge in [0, 0.05) is 41.5 Å². The maximum Gasteiger partial charge on any atom is 0.0429 e. The molecule has 0 saturated carbocycles. The van der Waals surface area contributed by atoms with Gasteiger partial charge >= 0.3 is 0 Å². The van der Waals surface area contributed by atoms with Gasteiger partial charge in [-0.2, -0.15) is 0 Å². The van der Waals surface area contributed by atoms with E-state index in [0.29, 0.717) is 0 Å². The van der Waals surface area contributed by atoms with Gasteiger partial charge in [-0.3, -0.25) is 0 Å². The first-order valence-corrected chi connectivity index (χ1v) is 10.4. The highest BCUT2D eigenvalue weighted by Gasteiger charge is 2.05. The Hall–Kier alpha value is -3.72. The fourth-order valence-electron chi connectivity index (χ4n) is 3.44. The van der Waals surface area contributed by atoms with Crippen LogP contribution in [-0.4, -0.2) is 6.54 Å². The summed E-state index contributed by atoms with van der Waals surface area (Å²) in [4.78, 5) is 2.38. The monoisotopic (exact) mass is 393 g/mol. The molecule has 0 aromatic heterocycles. The van der Waals surface area contributed by atoms with Crippen LogP contribution in [0.4, 0.5) is 28.4 Å². The summed E-state index contributed by atoms with van der Waals surface area (Å²) in [6.45, 7) is 4.08. The normalized spacial score (nSPS) is 10.4. The Kier molecular flexibility index (Phi) is 6.31. The molecule has 0 unspecified atom stereocenters. The molecule has 0 aliphatic carbocycles. The number of hydrogen-bond acceptors (Lipinski definition) is 3. The summed E-state index contributed by atoms with van der Waals surface area (Å²) in [5.74, 6) is 0. The molecule has 150 valence electrons. The van der Waals surface area contributed by atoms with Crippen molar-refractivity contribution in [3.8, 4) is 0 Å². The second kappa shape index (κ2) is 9.66. The number of para-hydroxylation sites is 1. The SMILES string of the molecule is CCN(Cc1ccccc1)c1ccc(Nc2ccc(Nc3ccccc3)cc2)cc1. The highest BCUT2D eigenvalue weighted by molar-refractivity contribution is 5.67. The van der Waals surface area contributed by atoms with Gasteiger partial charge < -0.3 is 15.5 Å². The fraction of sp³-hybridized carbons (Fsp3) is 0.111. The quantitative estimate of drug-likeness (QED) is 0.331. The molecule has 2 N–H and O–H groups in total. The molecule has 0 amide bonds. The summed E-state index contributed by atoms with van der Waals surface area (Å²) in [7, 11) is 0. The lowest BCUT2D eigenvalue weighted by Gasteiger charge is -2.23. The molecule has 4 rings (SSSR count). The van der Waals surface area contributed by atoms with Gasteiger partial charge in [0.05, 0.1) is 0 Å². The Morgan fingerprint density at radius 2 is 0.967 bits per heavy atom. The molecule has 0 saturated heterocycles. The van der Waals surface area contributed by atoms with Gasteiger partial charge in [-0.25, -0.2) is 0 Å². The van der Waals surface area contributed by atoms with Crippen LogP contribution in [0.15, 0.2) is 109 Å². The van der Waals surface area contributed by atoms with Gasteiger partial charge in [-0.15, -0.1) is 0 Å². The minimum Gasteiger partial charge on any atom is -0.367 e. The molecule has 3 nitrogen and oxygen atoms in total. The number of nitrogens with zero attached hydrogens (tertiary/aromatic N) is 1. The van der Waals surface area contributed by atoms with Crippen molar-refractivity contribution in [3.63, 3.8) is 0 Å². The molecular formula is C27H27N3. The van der Waals surface area contributed by atoms with E-state index in [2.05, 4.69) is 113 Å². The van der Waals surface area contributed by atoms with Gasteiger partial charge in [0.1, 0.15) is 0 Å². The van der Waals surface area contributed by atoms with Crippen molar-refractivity contribution in [3.05, 3.63) is 115 Å². The van der Waals surface area contributed by atoms with Crippen molar-refractivity contribution in [2.24, 2.45) is 0 Å². The van der Waals surface area contributed by atoms with Crippen molar-refractivity contribution >= 4 is 28.4 Å². The number of benzene rings is 4. The standard InChI is InChI=1S/C27H27N3/c1-2-30(21-22-9-5-3-6-10-22)27-19-17-26(18-20-27)29-25-15-13-24(14-16-25)28-23-11-7-4-8-12-23/h3-20,28-29H,2,21H2,1H3. The van der Waals surface area contributed by atoms with E-state index in [1.807, 2.05) is 18.2 Å². The van der Waals surface area contributed by atoms with E-state index in [1.165, 1.54) is 11.3 Å². The van der Waals surface area contributed by atoms with Crippen molar-refractivity contribution in [2.75, 3.05) is 22.1 Å². The van der Waals surface area contributed by atoms with Crippen LogP contribution in [0.3, 0.4) is 0 Å². The third-order valence-electron chi connectivity index (χ3n) is 5.07. The molecule has 0 bridgehead atoms. The van der Waals surface area contributed by atoms with E-state index in [0.717, 1.165) is 35.8 Å². The van der Waals surface area contributed by atoms with Crippen LogP contribution in [0.5, 0.6) is 0 Å². The molecule has 0 atom stereocenters. The lowest BCUT2D eigenvalue weighted by Crippen LogP contribution is -2.21. The third-order valence-corrected chi connectivity index (χ3v) is 5.07. The largest absolute Gasteiger partial charge is 0.367 e. The predicted octanol–water partition coefficient (Wildman–Crippen LogP) is 7.20. The van der Waals surface area contributed by atoms with Crippen molar-refractivity contribution in [1.82, 2.24) is 0 Å². The summed E-state index contributed by atoms with van der Waals surface area (Å²) >= 11 is 0. The number of rotatable bonds is 8. The maximum absolute atomic E-state index is 3.48. The number of anilines is 5. The minimum absolute atomic E-state index is 0.917. The third kappa shape index (κ3) is 5.21. The molecular weight excluding hydrogens is 366 g/mol. The summed E-state index contributed by atoms with van der Waals surface area (Å²) in [6, 6.07) is 37.8.